The summed E-state index contributed by atoms with van der Waals surface area (Å²) in [4.78, 5) is 23.5. The summed E-state index contributed by atoms with van der Waals surface area (Å²) in [6, 6.07) is 9.94. The van der Waals surface area contributed by atoms with Gasteiger partial charge in [0.2, 0.25) is 0 Å². The molecule has 1 atom stereocenters. The Balaban J connectivity index is 2.15. The van der Waals surface area contributed by atoms with Gasteiger partial charge in [0.05, 0.1) is 0 Å². The summed E-state index contributed by atoms with van der Waals surface area (Å²) in [5, 5.41) is 3.34. The van der Waals surface area contributed by atoms with E-state index in [2.05, 4.69) is 43.4 Å². The maximum absolute atomic E-state index is 11.9. The molecule has 0 radical (unpaired) electrons. The first-order valence-electron chi connectivity index (χ1n) is 6.96. The van der Waals surface area contributed by atoms with Crippen LogP contribution < -0.4 is 16.6 Å². The third kappa shape index (κ3) is 3.31. The van der Waals surface area contributed by atoms with E-state index < -0.39 is 0 Å². The quantitative estimate of drug-likeness (QED) is 0.920. The number of aromatic nitrogens is 2. The van der Waals surface area contributed by atoms with Crippen molar-refractivity contribution < 1.29 is 0 Å². The van der Waals surface area contributed by atoms with Crippen molar-refractivity contribution in [3.05, 3.63) is 68.0 Å². The van der Waals surface area contributed by atoms with Gasteiger partial charge in [-0.25, -0.2) is 4.79 Å². The van der Waals surface area contributed by atoms with Crippen LogP contribution in [-0.4, -0.2) is 9.13 Å². The number of nitrogens with one attached hydrogen (secondary N) is 1. The lowest BCUT2D eigenvalue weighted by molar-refractivity contribution is 0.540. The molecule has 1 heterocycles. The van der Waals surface area contributed by atoms with Crippen molar-refractivity contribution >= 4 is 0 Å². The standard InChI is InChI=1S/C16H21N3O2/c1-11-5-7-13(8-6-11)12(2)17-10-14-9-15(20)19(4)16(21)18(14)3/h5-9,12,17H,10H2,1-4H3. The zero-order valence-corrected chi connectivity index (χ0v) is 12.9. The van der Waals surface area contributed by atoms with Gasteiger partial charge in [-0.2, -0.15) is 0 Å². The fourth-order valence-corrected chi connectivity index (χ4v) is 2.18. The minimum atomic E-state index is -0.303. The molecule has 0 bridgehead atoms. The fourth-order valence-electron chi connectivity index (χ4n) is 2.18. The summed E-state index contributed by atoms with van der Waals surface area (Å²) in [5.74, 6) is 0. The topological polar surface area (TPSA) is 56.0 Å². The lowest BCUT2D eigenvalue weighted by atomic mass is 10.1. The van der Waals surface area contributed by atoms with Crippen molar-refractivity contribution in [3.8, 4) is 0 Å². The number of nitrogens with zero attached hydrogens (tertiary/aromatic N) is 2. The minimum absolute atomic E-state index is 0.143. The van der Waals surface area contributed by atoms with Crippen molar-refractivity contribution in [1.82, 2.24) is 14.5 Å². The van der Waals surface area contributed by atoms with E-state index in [0.717, 1.165) is 4.57 Å². The molecule has 5 nitrogen and oxygen atoms in total. The Morgan fingerprint density at radius 2 is 1.71 bits per heavy atom. The molecule has 0 saturated heterocycles. The molecule has 0 fully saturated rings. The van der Waals surface area contributed by atoms with Crippen LogP contribution in [0.2, 0.25) is 0 Å². The fraction of sp³-hybridized carbons (Fsp3) is 0.375. The van der Waals surface area contributed by atoms with Gasteiger partial charge in [-0.3, -0.25) is 13.9 Å². The molecule has 0 spiro atoms. The highest BCUT2D eigenvalue weighted by Gasteiger charge is 2.08. The minimum Gasteiger partial charge on any atom is -0.305 e. The van der Waals surface area contributed by atoms with Crippen LogP contribution >= 0.6 is 0 Å². The third-order valence-electron chi connectivity index (χ3n) is 3.79. The number of benzene rings is 1. The molecular weight excluding hydrogens is 266 g/mol. The van der Waals surface area contributed by atoms with E-state index in [1.165, 1.54) is 28.8 Å². The summed E-state index contributed by atoms with van der Waals surface area (Å²) >= 11 is 0. The van der Waals surface area contributed by atoms with E-state index in [1.807, 2.05) is 0 Å². The zero-order valence-electron chi connectivity index (χ0n) is 12.9. The molecule has 1 N–H and O–H groups in total. The van der Waals surface area contributed by atoms with Crippen molar-refractivity contribution in [3.63, 3.8) is 0 Å². The second-order valence-corrected chi connectivity index (χ2v) is 5.39. The van der Waals surface area contributed by atoms with Crippen LogP contribution in [0, 0.1) is 6.92 Å². The van der Waals surface area contributed by atoms with Gasteiger partial charge in [0.1, 0.15) is 0 Å². The first kappa shape index (κ1) is 15.3. The van der Waals surface area contributed by atoms with Crippen LogP contribution in [0.15, 0.2) is 39.9 Å². The van der Waals surface area contributed by atoms with Crippen LogP contribution in [0.25, 0.3) is 0 Å². The number of rotatable bonds is 4. The molecule has 0 saturated carbocycles. The van der Waals surface area contributed by atoms with Gasteiger partial charge >= 0.3 is 5.69 Å². The molecule has 0 amide bonds. The van der Waals surface area contributed by atoms with E-state index in [9.17, 15) is 9.59 Å². The van der Waals surface area contributed by atoms with E-state index in [1.54, 1.807) is 7.05 Å². The lowest BCUT2D eigenvalue weighted by Gasteiger charge is -2.16. The van der Waals surface area contributed by atoms with Gasteiger partial charge < -0.3 is 5.32 Å². The van der Waals surface area contributed by atoms with Crippen LogP contribution in [0.3, 0.4) is 0 Å². The first-order chi connectivity index (χ1) is 9.90. The Morgan fingerprint density at radius 3 is 2.33 bits per heavy atom. The molecule has 0 aliphatic carbocycles. The molecule has 2 aromatic rings. The van der Waals surface area contributed by atoms with Gasteiger partial charge in [-0.15, -0.1) is 0 Å². The summed E-state index contributed by atoms with van der Waals surface area (Å²) in [6.07, 6.45) is 0. The van der Waals surface area contributed by atoms with Crippen LogP contribution in [0.5, 0.6) is 0 Å². The Labute approximate surface area is 123 Å². The van der Waals surface area contributed by atoms with E-state index >= 15 is 0 Å². The predicted octanol–water partition coefficient (Wildman–Crippen LogP) is 1.24. The molecule has 5 heteroatoms. The van der Waals surface area contributed by atoms with E-state index in [4.69, 9.17) is 0 Å². The van der Waals surface area contributed by atoms with E-state index in [-0.39, 0.29) is 17.3 Å². The van der Waals surface area contributed by atoms with Crippen LogP contribution in [0.4, 0.5) is 0 Å². The smallest absolute Gasteiger partial charge is 0.305 e. The van der Waals surface area contributed by atoms with Gasteiger partial charge in [0.15, 0.2) is 0 Å². The second-order valence-electron chi connectivity index (χ2n) is 5.39. The third-order valence-corrected chi connectivity index (χ3v) is 3.79. The first-order valence-corrected chi connectivity index (χ1v) is 6.96. The zero-order chi connectivity index (χ0) is 15.6. The molecule has 2 rings (SSSR count). The average Bonchev–Trinajstić information content (AvgIpc) is 2.48. The second kappa shape index (κ2) is 6.10. The Morgan fingerprint density at radius 1 is 1.10 bits per heavy atom. The highest BCUT2D eigenvalue weighted by Crippen LogP contribution is 2.13. The SMILES string of the molecule is Cc1ccc(C(C)NCc2cc(=O)n(C)c(=O)n2C)cc1. The van der Waals surface area contributed by atoms with Crippen molar-refractivity contribution in [1.29, 1.82) is 0 Å². The molecule has 1 aromatic heterocycles. The highest BCUT2D eigenvalue weighted by atomic mass is 16.2. The lowest BCUT2D eigenvalue weighted by Crippen LogP contribution is -2.39. The largest absolute Gasteiger partial charge is 0.330 e. The molecular formula is C16H21N3O2. The number of hydrogen-bond donors (Lipinski definition) is 1. The summed E-state index contributed by atoms with van der Waals surface area (Å²) in [5.41, 5.74) is 2.50. The number of aryl methyl sites for hydroxylation is 1. The van der Waals surface area contributed by atoms with Gasteiger partial charge in [-0.1, -0.05) is 29.8 Å². The van der Waals surface area contributed by atoms with E-state index in [0.29, 0.717) is 12.2 Å². The molecule has 1 aromatic carbocycles. The number of hydrogen-bond acceptors (Lipinski definition) is 3. The summed E-state index contributed by atoms with van der Waals surface area (Å²) in [6.45, 7) is 4.58. The Bertz CT molecular complexity index is 742. The highest BCUT2D eigenvalue weighted by molar-refractivity contribution is 5.23. The predicted molar refractivity (Wildman–Crippen MR) is 83.4 cm³/mol. The molecule has 0 aliphatic heterocycles. The van der Waals surface area contributed by atoms with Gasteiger partial charge in [0, 0.05) is 38.4 Å². The average molecular weight is 287 g/mol. The summed E-state index contributed by atoms with van der Waals surface area (Å²) < 4.78 is 2.60. The van der Waals surface area contributed by atoms with Crippen molar-refractivity contribution in [2.24, 2.45) is 14.1 Å². The van der Waals surface area contributed by atoms with Crippen molar-refractivity contribution in [2.75, 3.05) is 0 Å². The normalized spacial score (nSPS) is 12.4. The molecule has 21 heavy (non-hydrogen) atoms. The van der Waals surface area contributed by atoms with Crippen LogP contribution in [-0.2, 0) is 20.6 Å². The maximum Gasteiger partial charge on any atom is 0.330 e. The van der Waals surface area contributed by atoms with Gasteiger partial charge in [-0.05, 0) is 19.4 Å². The maximum atomic E-state index is 11.9. The molecule has 0 aliphatic rings. The molecule has 112 valence electrons. The monoisotopic (exact) mass is 287 g/mol. The Kier molecular flexibility index (Phi) is 4.43. The summed E-state index contributed by atoms with van der Waals surface area (Å²) in [7, 11) is 3.16. The van der Waals surface area contributed by atoms with Crippen LogP contribution in [0.1, 0.15) is 29.8 Å². The van der Waals surface area contributed by atoms with Gasteiger partial charge in [0.25, 0.3) is 5.56 Å². The van der Waals surface area contributed by atoms with Crippen molar-refractivity contribution in [2.45, 2.75) is 26.4 Å². The Hall–Kier alpha value is -2.14. The molecule has 1 unspecified atom stereocenters.